The highest BCUT2D eigenvalue weighted by Crippen LogP contribution is 2.22. The summed E-state index contributed by atoms with van der Waals surface area (Å²) in [5, 5.41) is 0. The lowest BCUT2D eigenvalue weighted by atomic mass is 10.0. The van der Waals surface area contributed by atoms with Gasteiger partial charge in [-0.2, -0.15) is 11.8 Å². The second-order valence-corrected chi connectivity index (χ2v) is 7.12. The van der Waals surface area contributed by atoms with E-state index >= 15 is 0 Å². The monoisotopic (exact) mass is 426 g/mol. The molecule has 0 bridgehead atoms. The molecule has 3 aliphatic rings. The minimum Gasteiger partial charge on any atom is -0.373 e. The Morgan fingerprint density at radius 3 is 2.86 bits per heavy atom. The molecule has 3 heterocycles. The Kier molecular flexibility index (Phi) is 7.37. The van der Waals surface area contributed by atoms with Crippen molar-refractivity contribution in [2.75, 3.05) is 50.8 Å². The number of nitrogens with zero attached hydrogens (tertiary/aromatic N) is 3. The predicted molar refractivity (Wildman–Crippen MR) is 99.8 cm³/mol. The molecule has 3 aliphatic heterocycles. The van der Waals surface area contributed by atoms with Crippen LogP contribution in [-0.2, 0) is 4.74 Å². The number of halogens is 1. The van der Waals surface area contributed by atoms with Gasteiger partial charge < -0.3 is 15.4 Å². The number of hydrogen-bond acceptors (Lipinski definition) is 4. The normalized spacial score (nSPS) is 31.4. The first kappa shape index (κ1) is 17.6. The summed E-state index contributed by atoms with van der Waals surface area (Å²) >= 11 is 1.99. The van der Waals surface area contributed by atoms with Crippen molar-refractivity contribution in [3.8, 4) is 0 Å². The number of morpholine rings is 1. The first-order valence-electron chi connectivity index (χ1n) is 7.81. The SMILES string of the molecule is I.NC(=NCC1CN2CCCCC2CO1)N1CCSCC1. The van der Waals surface area contributed by atoms with Gasteiger partial charge in [-0.25, -0.2) is 0 Å². The molecule has 2 N–H and O–H groups in total. The summed E-state index contributed by atoms with van der Waals surface area (Å²) in [7, 11) is 0. The lowest BCUT2D eigenvalue weighted by Crippen LogP contribution is -2.52. The smallest absolute Gasteiger partial charge is 0.191 e. The highest BCUT2D eigenvalue weighted by molar-refractivity contribution is 14.0. The maximum atomic E-state index is 6.09. The molecule has 122 valence electrons. The van der Waals surface area contributed by atoms with Crippen LogP contribution in [0.25, 0.3) is 0 Å². The third-order valence-corrected chi connectivity index (χ3v) is 5.45. The van der Waals surface area contributed by atoms with Gasteiger partial charge in [-0.05, 0) is 19.4 Å². The summed E-state index contributed by atoms with van der Waals surface area (Å²) < 4.78 is 5.96. The summed E-state index contributed by atoms with van der Waals surface area (Å²) in [4.78, 5) is 9.35. The van der Waals surface area contributed by atoms with Crippen molar-refractivity contribution in [2.45, 2.75) is 31.4 Å². The van der Waals surface area contributed by atoms with E-state index in [9.17, 15) is 0 Å². The van der Waals surface area contributed by atoms with Gasteiger partial charge in [0, 0.05) is 37.2 Å². The van der Waals surface area contributed by atoms with Crippen LogP contribution in [0, 0.1) is 0 Å². The fourth-order valence-electron chi connectivity index (χ4n) is 3.25. The second kappa shape index (κ2) is 8.79. The number of rotatable bonds is 2. The zero-order chi connectivity index (χ0) is 13.8. The molecule has 3 fully saturated rings. The molecular formula is C14H27IN4OS. The molecule has 2 unspecified atom stereocenters. The van der Waals surface area contributed by atoms with E-state index in [1.807, 2.05) is 11.8 Å². The molecule has 2 atom stereocenters. The maximum absolute atomic E-state index is 6.09. The molecule has 0 saturated carbocycles. The lowest BCUT2D eigenvalue weighted by molar-refractivity contribution is -0.0702. The Labute approximate surface area is 149 Å². The molecule has 3 saturated heterocycles. The number of thioether (sulfide) groups is 1. The average molecular weight is 426 g/mol. The minimum absolute atomic E-state index is 0. The average Bonchev–Trinajstić information content (AvgIpc) is 2.53. The van der Waals surface area contributed by atoms with Gasteiger partial charge in [-0.3, -0.25) is 9.89 Å². The van der Waals surface area contributed by atoms with Gasteiger partial charge in [-0.15, -0.1) is 24.0 Å². The maximum Gasteiger partial charge on any atom is 0.191 e. The number of hydrogen-bond donors (Lipinski definition) is 1. The number of guanidine groups is 1. The summed E-state index contributed by atoms with van der Waals surface area (Å²) in [6.45, 7) is 5.89. The van der Waals surface area contributed by atoms with Crippen molar-refractivity contribution < 1.29 is 4.74 Å². The van der Waals surface area contributed by atoms with E-state index < -0.39 is 0 Å². The zero-order valence-electron chi connectivity index (χ0n) is 12.6. The number of fused-ring (bicyclic) bond motifs is 1. The van der Waals surface area contributed by atoms with Crippen LogP contribution in [0.2, 0.25) is 0 Å². The van der Waals surface area contributed by atoms with Crippen LogP contribution in [0.5, 0.6) is 0 Å². The van der Waals surface area contributed by atoms with E-state index in [1.54, 1.807) is 0 Å². The Balaban J connectivity index is 0.00000161. The Morgan fingerprint density at radius 2 is 2.05 bits per heavy atom. The molecular weight excluding hydrogens is 399 g/mol. The van der Waals surface area contributed by atoms with Gasteiger partial charge >= 0.3 is 0 Å². The van der Waals surface area contributed by atoms with E-state index in [0.717, 1.165) is 37.7 Å². The van der Waals surface area contributed by atoms with Crippen LogP contribution in [0.15, 0.2) is 4.99 Å². The van der Waals surface area contributed by atoms with Gasteiger partial charge in [-0.1, -0.05) is 6.42 Å². The van der Waals surface area contributed by atoms with Gasteiger partial charge in [0.05, 0.1) is 19.3 Å². The quantitative estimate of drug-likeness (QED) is 0.409. The summed E-state index contributed by atoms with van der Waals surface area (Å²) in [5.74, 6) is 3.02. The van der Waals surface area contributed by atoms with Crippen molar-refractivity contribution in [1.29, 1.82) is 0 Å². The van der Waals surface area contributed by atoms with Gasteiger partial charge in [0.2, 0.25) is 0 Å². The van der Waals surface area contributed by atoms with Crippen LogP contribution in [-0.4, -0.2) is 78.7 Å². The first-order valence-corrected chi connectivity index (χ1v) is 8.96. The van der Waals surface area contributed by atoms with Gasteiger partial charge in [0.15, 0.2) is 5.96 Å². The molecule has 0 aromatic heterocycles. The molecule has 0 radical (unpaired) electrons. The highest BCUT2D eigenvalue weighted by atomic mass is 127. The van der Waals surface area contributed by atoms with Gasteiger partial charge in [0.1, 0.15) is 0 Å². The van der Waals surface area contributed by atoms with Crippen LogP contribution in [0.1, 0.15) is 19.3 Å². The summed E-state index contributed by atoms with van der Waals surface area (Å²) in [5.41, 5.74) is 6.09. The molecule has 5 nitrogen and oxygen atoms in total. The summed E-state index contributed by atoms with van der Waals surface area (Å²) in [6.07, 6.45) is 4.21. The van der Waals surface area contributed by atoms with E-state index in [2.05, 4.69) is 14.8 Å². The predicted octanol–water partition coefficient (Wildman–Crippen LogP) is 1.22. The van der Waals surface area contributed by atoms with Crippen molar-refractivity contribution in [3.63, 3.8) is 0 Å². The summed E-state index contributed by atoms with van der Waals surface area (Å²) in [6, 6.07) is 0.653. The molecule has 0 aromatic carbocycles. The minimum atomic E-state index is 0. The topological polar surface area (TPSA) is 54.1 Å². The Hall–Kier alpha value is 0.270. The second-order valence-electron chi connectivity index (χ2n) is 5.90. The Bertz CT molecular complexity index is 352. The fourth-order valence-corrected chi connectivity index (χ4v) is 4.15. The Morgan fingerprint density at radius 1 is 1.24 bits per heavy atom. The highest BCUT2D eigenvalue weighted by Gasteiger charge is 2.30. The zero-order valence-corrected chi connectivity index (χ0v) is 15.7. The third-order valence-electron chi connectivity index (χ3n) is 4.50. The molecule has 21 heavy (non-hydrogen) atoms. The van der Waals surface area contributed by atoms with Crippen LogP contribution >= 0.6 is 35.7 Å². The van der Waals surface area contributed by atoms with Crippen LogP contribution in [0.4, 0.5) is 0 Å². The first-order chi connectivity index (χ1) is 9.83. The molecule has 0 aromatic rings. The van der Waals surface area contributed by atoms with Crippen LogP contribution in [0.3, 0.4) is 0 Å². The van der Waals surface area contributed by atoms with Crippen molar-refractivity contribution in [1.82, 2.24) is 9.80 Å². The lowest BCUT2D eigenvalue weighted by Gasteiger charge is -2.42. The number of nitrogens with two attached hydrogens (primary N) is 1. The van der Waals surface area contributed by atoms with Gasteiger partial charge in [0.25, 0.3) is 0 Å². The standard InChI is InChI=1S/C14H26N4OS.HI/c15-14(17-5-7-20-8-6-17)16-9-13-10-18-4-2-1-3-12(18)11-19-13;/h12-13H,1-11H2,(H2,15,16);1H. The van der Waals surface area contributed by atoms with Crippen molar-refractivity contribution in [2.24, 2.45) is 10.7 Å². The molecule has 0 spiro atoms. The molecule has 0 amide bonds. The van der Waals surface area contributed by atoms with E-state index in [4.69, 9.17) is 10.5 Å². The van der Waals surface area contributed by atoms with Crippen LogP contribution < -0.4 is 5.73 Å². The number of piperidine rings is 1. The van der Waals surface area contributed by atoms with E-state index in [0.29, 0.717) is 18.5 Å². The van der Waals surface area contributed by atoms with Crippen molar-refractivity contribution >= 4 is 41.7 Å². The molecule has 3 rings (SSSR count). The van der Waals surface area contributed by atoms with E-state index in [1.165, 1.54) is 25.8 Å². The fraction of sp³-hybridized carbons (Fsp3) is 0.929. The number of ether oxygens (including phenoxy) is 1. The number of aliphatic imine (C=N–C) groups is 1. The van der Waals surface area contributed by atoms with E-state index in [-0.39, 0.29) is 30.1 Å². The largest absolute Gasteiger partial charge is 0.373 e. The third kappa shape index (κ3) is 4.87. The molecule has 0 aliphatic carbocycles. The molecule has 7 heteroatoms. The van der Waals surface area contributed by atoms with Crippen molar-refractivity contribution in [3.05, 3.63) is 0 Å².